The van der Waals surface area contributed by atoms with E-state index in [0.717, 1.165) is 13.0 Å². The van der Waals surface area contributed by atoms with Gasteiger partial charge in [-0.15, -0.1) is 0 Å². The summed E-state index contributed by atoms with van der Waals surface area (Å²) in [7, 11) is 0. The summed E-state index contributed by atoms with van der Waals surface area (Å²) in [5, 5.41) is 5.92. The van der Waals surface area contributed by atoms with Crippen molar-refractivity contribution in [2.75, 3.05) is 17.2 Å². The number of ketones is 1. The van der Waals surface area contributed by atoms with Gasteiger partial charge in [0.1, 0.15) is 11.5 Å². The minimum Gasteiger partial charge on any atom is -0.368 e. The van der Waals surface area contributed by atoms with Gasteiger partial charge in [0.25, 0.3) is 5.91 Å². The van der Waals surface area contributed by atoms with Gasteiger partial charge in [0.2, 0.25) is 0 Å². The van der Waals surface area contributed by atoms with E-state index >= 15 is 0 Å². The number of hydrogen-bond acceptors (Lipinski definition) is 5. The lowest BCUT2D eigenvalue weighted by Crippen LogP contribution is -2.15. The van der Waals surface area contributed by atoms with E-state index in [0.29, 0.717) is 17.1 Å². The van der Waals surface area contributed by atoms with E-state index in [4.69, 9.17) is 0 Å². The van der Waals surface area contributed by atoms with E-state index in [9.17, 15) is 9.59 Å². The summed E-state index contributed by atoms with van der Waals surface area (Å²) >= 11 is 0. The van der Waals surface area contributed by atoms with Gasteiger partial charge in [-0.25, -0.2) is 9.97 Å². The highest BCUT2D eigenvalue weighted by molar-refractivity contribution is 6.03. The maximum Gasteiger partial charge on any atom is 0.275 e. The molecule has 0 aliphatic carbocycles. The van der Waals surface area contributed by atoms with Gasteiger partial charge in [0.15, 0.2) is 5.78 Å². The molecule has 1 amide bonds. The number of rotatable bonds is 7. The van der Waals surface area contributed by atoms with Crippen LogP contribution in [0.5, 0.6) is 0 Å². The van der Waals surface area contributed by atoms with E-state index < -0.39 is 0 Å². The van der Waals surface area contributed by atoms with Crippen molar-refractivity contribution in [1.82, 2.24) is 9.97 Å². The van der Waals surface area contributed by atoms with E-state index in [1.807, 2.05) is 18.2 Å². The zero-order valence-corrected chi connectivity index (χ0v) is 15.0. The molecule has 0 atom stereocenters. The SMILES string of the molecule is CC(=O)c1ccc(NC(=O)c2cnc(NCCc3ccccc3)cn2)cc1. The van der Waals surface area contributed by atoms with Crippen LogP contribution in [-0.4, -0.2) is 28.2 Å². The fraction of sp³-hybridized carbons (Fsp3) is 0.143. The lowest BCUT2D eigenvalue weighted by atomic mass is 10.1. The molecule has 3 aromatic rings. The Morgan fingerprint density at radius 3 is 2.30 bits per heavy atom. The van der Waals surface area contributed by atoms with Crippen molar-refractivity contribution < 1.29 is 9.59 Å². The molecule has 27 heavy (non-hydrogen) atoms. The summed E-state index contributed by atoms with van der Waals surface area (Å²) in [5.74, 6) is 0.247. The predicted molar refractivity (Wildman–Crippen MR) is 105 cm³/mol. The van der Waals surface area contributed by atoms with E-state index in [2.05, 4.69) is 32.7 Å². The minimum atomic E-state index is -0.353. The van der Waals surface area contributed by atoms with Crippen molar-refractivity contribution in [1.29, 1.82) is 0 Å². The van der Waals surface area contributed by atoms with Crippen molar-refractivity contribution in [3.05, 3.63) is 83.8 Å². The van der Waals surface area contributed by atoms with Crippen LogP contribution in [0, 0.1) is 0 Å². The number of aromatic nitrogens is 2. The van der Waals surface area contributed by atoms with Crippen LogP contribution in [0.15, 0.2) is 67.0 Å². The number of nitrogens with zero attached hydrogens (tertiary/aromatic N) is 2. The Labute approximate surface area is 157 Å². The first-order valence-electron chi connectivity index (χ1n) is 8.64. The lowest BCUT2D eigenvalue weighted by Gasteiger charge is -2.07. The fourth-order valence-corrected chi connectivity index (χ4v) is 2.50. The zero-order chi connectivity index (χ0) is 19.1. The van der Waals surface area contributed by atoms with E-state index in [1.165, 1.54) is 18.7 Å². The molecule has 1 heterocycles. The molecule has 0 unspecified atom stereocenters. The minimum absolute atomic E-state index is 0.0194. The summed E-state index contributed by atoms with van der Waals surface area (Å²) in [6.07, 6.45) is 3.85. The molecule has 6 nitrogen and oxygen atoms in total. The maximum atomic E-state index is 12.2. The topological polar surface area (TPSA) is 84.0 Å². The Kier molecular flexibility index (Phi) is 5.89. The van der Waals surface area contributed by atoms with Gasteiger partial charge in [-0.3, -0.25) is 9.59 Å². The summed E-state index contributed by atoms with van der Waals surface area (Å²) in [6.45, 7) is 2.23. The second-order valence-electron chi connectivity index (χ2n) is 6.04. The second-order valence-corrected chi connectivity index (χ2v) is 6.04. The lowest BCUT2D eigenvalue weighted by molar-refractivity contribution is 0.101. The maximum absolute atomic E-state index is 12.2. The number of amides is 1. The van der Waals surface area contributed by atoms with Crippen LogP contribution in [0.25, 0.3) is 0 Å². The zero-order valence-electron chi connectivity index (χ0n) is 15.0. The normalized spacial score (nSPS) is 10.3. The third kappa shape index (κ3) is 5.22. The van der Waals surface area contributed by atoms with Crippen molar-refractivity contribution >= 4 is 23.2 Å². The van der Waals surface area contributed by atoms with Crippen molar-refractivity contribution in [3.63, 3.8) is 0 Å². The monoisotopic (exact) mass is 360 g/mol. The van der Waals surface area contributed by atoms with Crippen LogP contribution in [-0.2, 0) is 6.42 Å². The fourth-order valence-electron chi connectivity index (χ4n) is 2.50. The first-order chi connectivity index (χ1) is 13.1. The number of benzene rings is 2. The number of hydrogen-bond donors (Lipinski definition) is 2. The van der Waals surface area contributed by atoms with Crippen LogP contribution in [0.4, 0.5) is 11.5 Å². The van der Waals surface area contributed by atoms with Crippen LogP contribution < -0.4 is 10.6 Å². The molecule has 3 rings (SSSR count). The molecule has 0 radical (unpaired) electrons. The Hall–Kier alpha value is -3.54. The first-order valence-corrected chi connectivity index (χ1v) is 8.64. The molecule has 2 N–H and O–H groups in total. The van der Waals surface area contributed by atoms with Gasteiger partial charge in [-0.05, 0) is 43.2 Å². The average molecular weight is 360 g/mol. The molecule has 0 aliphatic heterocycles. The third-order valence-electron chi connectivity index (χ3n) is 4.00. The van der Waals surface area contributed by atoms with Crippen LogP contribution in [0.2, 0.25) is 0 Å². The number of Topliss-reactive ketones (excluding diaryl/α,β-unsaturated/α-hetero) is 1. The number of carbonyl (C=O) groups excluding carboxylic acids is 2. The highest BCUT2D eigenvalue weighted by Crippen LogP contribution is 2.11. The number of carbonyl (C=O) groups is 2. The van der Waals surface area contributed by atoms with Gasteiger partial charge < -0.3 is 10.6 Å². The standard InChI is InChI=1S/C21H20N4O2/c1-15(26)17-7-9-18(10-8-17)25-21(27)19-13-24-20(14-23-19)22-12-11-16-5-3-2-4-6-16/h2-10,13-14H,11-12H2,1H3,(H,22,24)(H,25,27). The quantitative estimate of drug-likeness (QED) is 0.629. The molecule has 0 aliphatic rings. The highest BCUT2D eigenvalue weighted by atomic mass is 16.2. The number of nitrogens with one attached hydrogen (secondary N) is 2. The Morgan fingerprint density at radius 2 is 1.67 bits per heavy atom. The van der Waals surface area contributed by atoms with Crippen LogP contribution in [0.1, 0.15) is 33.3 Å². The molecular weight excluding hydrogens is 340 g/mol. The van der Waals surface area contributed by atoms with Crippen molar-refractivity contribution in [2.24, 2.45) is 0 Å². The van der Waals surface area contributed by atoms with Crippen LogP contribution in [0.3, 0.4) is 0 Å². The van der Waals surface area contributed by atoms with Gasteiger partial charge in [-0.1, -0.05) is 30.3 Å². The average Bonchev–Trinajstić information content (AvgIpc) is 2.70. The molecule has 0 bridgehead atoms. The Bertz CT molecular complexity index is 907. The molecule has 0 fully saturated rings. The predicted octanol–water partition coefficient (Wildman–Crippen LogP) is 3.59. The summed E-state index contributed by atoms with van der Waals surface area (Å²) in [6, 6.07) is 16.9. The summed E-state index contributed by atoms with van der Waals surface area (Å²) in [5.41, 5.74) is 2.65. The third-order valence-corrected chi connectivity index (χ3v) is 4.00. The van der Waals surface area contributed by atoms with Gasteiger partial charge in [-0.2, -0.15) is 0 Å². The van der Waals surface area contributed by atoms with Gasteiger partial charge in [0.05, 0.1) is 12.4 Å². The Morgan fingerprint density at radius 1 is 0.926 bits per heavy atom. The molecule has 6 heteroatoms. The summed E-state index contributed by atoms with van der Waals surface area (Å²) in [4.78, 5) is 31.9. The van der Waals surface area contributed by atoms with E-state index in [-0.39, 0.29) is 17.4 Å². The molecule has 1 aromatic heterocycles. The molecule has 0 saturated carbocycles. The number of anilines is 2. The molecule has 2 aromatic carbocycles. The molecule has 0 spiro atoms. The van der Waals surface area contributed by atoms with E-state index in [1.54, 1.807) is 30.5 Å². The van der Waals surface area contributed by atoms with Gasteiger partial charge in [0, 0.05) is 17.8 Å². The molecule has 136 valence electrons. The Balaban J connectivity index is 1.53. The second kappa shape index (κ2) is 8.71. The first kappa shape index (κ1) is 18.3. The van der Waals surface area contributed by atoms with Crippen LogP contribution >= 0.6 is 0 Å². The summed E-state index contributed by atoms with van der Waals surface area (Å²) < 4.78 is 0. The molecular formula is C21H20N4O2. The van der Waals surface area contributed by atoms with Crippen molar-refractivity contribution in [2.45, 2.75) is 13.3 Å². The van der Waals surface area contributed by atoms with Crippen molar-refractivity contribution in [3.8, 4) is 0 Å². The van der Waals surface area contributed by atoms with Gasteiger partial charge >= 0.3 is 0 Å². The molecule has 0 saturated heterocycles. The largest absolute Gasteiger partial charge is 0.368 e. The highest BCUT2D eigenvalue weighted by Gasteiger charge is 2.09. The smallest absolute Gasteiger partial charge is 0.275 e.